The van der Waals surface area contributed by atoms with Gasteiger partial charge in [0.1, 0.15) is 10.6 Å². The first kappa shape index (κ1) is 20.5. The largest absolute Gasteiger partial charge is 0.482 e. The first-order valence-corrected chi connectivity index (χ1v) is 10.5. The number of carbonyl (C=O) groups excluding carboxylic acids is 1. The molecule has 8 nitrogen and oxygen atoms in total. The number of hydrogen-bond donors (Lipinski definition) is 1. The van der Waals surface area contributed by atoms with Gasteiger partial charge in [-0.3, -0.25) is 9.78 Å². The topological polar surface area (TPSA) is 97.8 Å². The minimum atomic E-state index is -3.82. The zero-order valence-corrected chi connectivity index (χ0v) is 16.6. The van der Waals surface area contributed by atoms with Gasteiger partial charge < -0.3 is 14.8 Å². The number of morpholine rings is 1. The highest BCUT2D eigenvalue weighted by Gasteiger charge is 2.29. The number of nitrogens with zero attached hydrogens (tertiary/aromatic N) is 2. The molecule has 1 aromatic heterocycles. The number of hydrogen-bond acceptors (Lipinski definition) is 6. The van der Waals surface area contributed by atoms with Crippen LogP contribution >= 0.6 is 11.6 Å². The van der Waals surface area contributed by atoms with E-state index in [0.29, 0.717) is 18.9 Å². The maximum atomic E-state index is 12.9. The molecule has 28 heavy (non-hydrogen) atoms. The minimum absolute atomic E-state index is 0.0700. The molecule has 150 valence electrons. The Labute approximate surface area is 168 Å². The van der Waals surface area contributed by atoms with Gasteiger partial charge in [-0.25, -0.2) is 8.42 Å². The summed E-state index contributed by atoms with van der Waals surface area (Å²) in [5, 5.41) is 2.94. The number of carbonyl (C=O) groups is 1. The molecule has 10 heteroatoms. The van der Waals surface area contributed by atoms with Crippen molar-refractivity contribution < 1.29 is 22.7 Å². The van der Waals surface area contributed by atoms with E-state index in [-0.39, 0.29) is 41.9 Å². The van der Waals surface area contributed by atoms with Crippen LogP contribution < -0.4 is 10.1 Å². The monoisotopic (exact) mass is 425 g/mol. The van der Waals surface area contributed by atoms with Crippen LogP contribution in [0.4, 0.5) is 0 Å². The van der Waals surface area contributed by atoms with Gasteiger partial charge in [0.15, 0.2) is 6.61 Å². The summed E-state index contributed by atoms with van der Waals surface area (Å²) in [4.78, 5) is 16.1. The van der Waals surface area contributed by atoms with E-state index in [0.717, 1.165) is 0 Å². The molecule has 0 spiro atoms. The van der Waals surface area contributed by atoms with Crippen molar-refractivity contribution in [3.05, 3.63) is 53.3 Å². The third kappa shape index (κ3) is 5.20. The van der Waals surface area contributed by atoms with Crippen LogP contribution in [0.25, 0.3) is 0 Å². The van der Waals surface area contributed by atoms with Gasteiger partial charge in [0.05, 0.1) is 25.5 Å². The Morgan fingerprint density at radius 1 is 1.25 bits per heavy atom. The number of amides is 1. The second-order valence-corrected chi connectivity index (χ2v) is 8.34. The second kappa shape index (κ2) is 9.33. The molecular formula is C18H20ClN3O5S. The molecule has 0 atom stereocenters. The van der Waals surface area contributed by atoms with Crippen molar-refractivity contribution in [2.45, 2.75) is 11.4 Å². The van der Waals surface area contributed by atoms with Crippen molar-refractivity contribution in [3.8, 4) is 5.75 Å². The maximum absolute atomic E-state index is 12.9. The highest BCUT2D eigenvalue weighted by molar-refractivity contribution is 7.89. The van der Waals surface area contributed by atoms with Crippen LogP contribution in [0.15, 0.2) is 47.5 Å². The third-order valence-corrected chi connectivity index (χ3v) is 6.20. The Morgan fingerprint density at radius 2 is 2.04 bits per heavy atom. The van der Waals surface area contributed by atoms with Crippen molar-refractivity contribution >= 4 is 27.5 Å². The summed E-state index contributed by atoms with van der Waals surface area (Å²) in [5.41, 5.74) is 0.706. The SMILES string of the molecule is O=C(COc1ccc(Cl)cc1S(=O)(=O)N1CCOCC1)NCc1ccccn1. The van der Waals surface area contributed by atoms with Crippen molar-refractivity contribution in [1.29, 1.82) is 0 Å². The maximum Gasteiger partial charge on any atom is 0.258 e. The molecule has 2 heterocycles. The smallest absolute Gasteiger partial charge is 0.258 e. The number of rotatable bonds is 7. The van der Waals surface area contributed by atoms with Crippen LogP contribution in [-0.4, -0.2) is 56.5 Å². The fraction of sp³-hybridized carbons (Fsp3) is 0.333. The third-order valence-electron chi connectivity index (χ3n) is 4.05. The lowest BCUT2D eigenvalue weighted by molar-refractivity contribution is -0.123. The molecule has 1 aliphatic heterocycles. The number of benzene rings is 1. The number of ether oxygens (including phenoxy) is 2. The fourth-order valence-corrected chi connectivity index (χ4v) is 4.42. The molecule has 2 aromatic rings. The molecule has 1 aromatic carbocycles. The summed E-state index contributed by atoms with van der Waals surface area (Å²) in [6, 6.07) is 9.68. The number of nitrogens with one attached hydrogen (secondary N) is 1. The van der Waals surface area contributed by atoms with Gasteiger partial charge in [-0.2, -0.15) is 4.31 Å². The van der Waals surface area contributed by atoms with Gasteiger partial charge in [0.2, 0.25) is 10.0 Å². The Kier molecular flexibility index (Phi) is 6.84. The van der Waals surface area contributed by atoms with Crippen LogP contribution in [-0.2, 0) is 26.1 Å². The molecule has 1 saturated heterocycles. The molecule has 0 aliphatic carbocycles. The van der Waals surface area contributed by atoms with Gasteiger partial charge in [-0.15, -0.1) is 0 Å². The first-order chi connectivity index (χ1) is 13.5. The lowest BCUT2D eigenvalue weighted by Crippen LogP contribution is -2.40. The van der Waals surface area contributed by atoms with E-state index >= 15 is 0 Å². The first-order valence-electron chi connectivity index (χ1n) is 8.63. The minimum Gasteiger partial charge on any atom is -0.482 e. The van der Waals surface area contributed by atoms with Gasteiger partial charge in [-0.1, -0.05) is 17.7 Å². The predicted molar refractivity (Wildman–Crippen MR) is 103 cm³/mol. The average Bonchev–Trinajstić information content (AvgIpc) is 2.72. The molecule has 0 unspecified atom stereocenters. The average molecular weight is 426 g/mol. The van der Waals surface area contributed by atoms with Gasteiger partial charge in [0.25, 0.3) is 5.91 Å². The zero-order valence-electron chi connectivity index (χ0n) is 15.0. The van der Waals surface area contributed by atoms with E-state index in [9.17, 15) is 13.2 Å². The highest BCUT2D eigenvalue weighted by atomic mass is 35.5. The zero-order chi connectivity index (χ0) is 20.0. The molecule has 0 bridgehead atoms. The Morgan fingerprint density at radius 3 is 2.75 bits per heavy atom. The summed E-state index contributed by atoms with van der Waals surface area (Å²) in [7, 11) is -3.82. The van der Waals surface area contributed by atoms with Crippen LogP contribution in [0.1, 0.15) is 5.69 Å². The second-order valence-electron chi connectivity index (χ2n) is 5.99. The number of halogens is 1. The lowest BCUT2D eigenvalue weighted by atomic mass is 10.3. The summed E-state index contributed by atoms with van der Waals surface area (Å²) in [6.07, 6.45) is 1.63. The van der Waals surface area contributed by atoms with E-state index in [1.54, 1.807) is 18.3 Å². The van der Waals surface area contributed by atoms with E-state index in [1.165, 1.54) is 22.5 Å². The Bertz CT molecular complexity index is 918. The van der Waals surface area contributed by atoms with Crippen LogP contribution in [0.3, 0.4) is 0 Å². The molecule has 1 N–H and O–H groups in total. The highest BCUT2D eigenvalue weighted by Crippen LogP contribution is 2.30. The molecule has 3 rings (SSSR count). The number of aromatic nitrogens is 1. The fourth-order valence-electron chi connectivity index (χ4n) is 2.61. The summed E-state index contributed by atoms with van der Waals surface area (Å²) >= 11 is 5.99. The van der Waals surface area contributed by atoms with Crippen molar-refractivity contribution in [1.82, 2.24) is 14.6 Å². The van der Waals surface area contributed by atoms with E-state index in [2.05, 4.69) is 10.3 Å². The molecule has 1 amide bonds. The lowest BCUT2D eigenvalue weighted by Gasteiger charge is -2.26. The van der Waals surface area contributed by atoms with Crippen molar-refractivity contribution in [3.63, 3.8) is 0 Å². The normalized spacial score (nSPS) is 15.2. The van der Waals surface area contributed by atoms with E-state index < -0.39 is 15.9 Å². The summed E-state index contributed by atoms with van der Waals surface area (Å²) < 4.78 is 37.9. The number of sulfonamides is 1. The molecule has 0 radical (unpaired) electrons. The Hall–Kier alpha value is -2.20. The predicted octanol–water partition coefficient (Wildman–Crippen LogP) is 1.45. The molecule has 1 aliphatic rings. The summed E-state index contributed by atoms with van der Waals surface area (Å²) in [6.45, 7) is 1.07. The van der Waals surface area contributed by atoms with Gasteiger partial charge >= 0.3 is 0 Å². The quantitative estimate of drug-likeness (QED) is 0.721. The summed E-state index contributed by atoms with van der Waals surface area (Å²) in [5.74, 6) is -0.320. The van der Waals surface area contributed by atoms with Crippen molar-refractivity contribution in [2.75, 3.05) is 32.9 Å². The van der Waals surface area contributed by atoms with E-state index in [1.807, 2.05) is 6.07 Å². The van der Waals surface area contributed by atoms with Gasteiger partial charge in [0, 0.05) is 24.3 Å². The van der Waals surface area contributed by atoms with Crippen molar-refractivity contribution in [2.24, 2.45) is 0 Å². The molecular weight excluding hydrogens is 406 g/mol. The van der Waals surface area contributed by atoms with Crippen LogP contribution in [0.5, 0.6) is 5.75 Å². The van der Waals surface area contributed by atoms with Gasteiger partial charge in [-0.05, 0) is 30.3 Å². The van der Waals surface area contributed by atoms with E-state index in [4.69, 9.17) is 21.1 Å². The standard InChI is InChI=1S/C18H20ClN3O5S/c19-14-4-5-16(17(11-14)28(24,25)22-7-9-26-10-8-22)27-13-18(23)21-12-15-3-1-2-6-20-15/h1-6,11H,7-10,12-13H2,(H,21,23). The van der Waals surface area contributed by atoms with Crippen LogP contribution in [0, 0.1) is 0 Å². The Balaban J connectivity index is 1.67. The number of pyridine rings is 1. The van der Waals surface area contributed by atoms with Crippen LogP contribution in [0.2, 0.25) is 5.02 Å². The molecule has 1 fully saturated rings. The molecule has 0 saturated carbocycles.